The maximum absolute atomic E-state index is 12.0. The van der Waals surface area contributed by atoms with Gasteiger partial charge in [-0.3, -0.25) is 0 Å². The highest BCUT2D eigenvalue weighted by Crippen LogP contribution is 2.21. The maximum atomic E-state index is 12.0. The molecule has 0 aromatic heterocycles. The minimum absolute atomic E-state index is 0.0682. The van der Waals surface area contributed by atoms with Gasteiger partial charge in [0.1, 0.15) is 0 Å². The van der Waals surface area contributed by atoms with E-state index < -0.39 is 0 Å². The Hall–Kier alpha value is -0.810. The van der Waals surface area contributed by atoms with Gasteiger partial charge in [0.05, 0.1) is 12.6 Å². The van der Waals surface area contributed by atoms with Crippen LogP contribution in [0.3, 0.4) is 0 Å². The molecule has 2 N–H and O–H groups in total. The molecule has 98 valence electrons. The first-order valence-corrected chi connectivity index (χ1v) is 6.45. The molecule has 2 aliphatic heterocycles. The van der Waals surface area contributed by atoms with Crippen LogP contribution in [0.2, 0.25) is 0 Å². The lowest BCUT2D eigenvalue weighted by Crippen LogP contribution is -2.54. The standard InChI is InChI=1S/C12H23N3O2/c1-12(13-2)4-6-15(7-5-12)11(16)14-10-3-8-17-9-10/h10,13H,3-9H2,1-2H3,(H,14,16). The summed E-state index contributed by atoms with van der Waals surface area (Å²) in [5.74, 6) is 0. The highest BCUT2D eigenvalue weighted by molar-refractivity contribution is 5.74. The molecule has 0 radical (unpaired) electrons. The number of carbonyl (C=O) groups excluding carboxylic acids is 1. The van der Waals surface area contributed by atoms with Crippen molar-refractivity contribution >= 4 is 6.03 Å². The Morgan fingerprint density at radius 2 is 2.12 bits per heavy atom. The lowest BCUT2D eigenvalue weighted by atomic mass is 9.90. The van der Waals surface area contributed by atoms with E-state index in [-0.39, 0.29) is 17.6 Å². The summed E-state index contributed by atoms with van der Waals surface area (Å²) >= 11 is 0. The van der Waals surface area contributed by atoms with Crippen LogP contribution >= 0.6 is 0 Å². The van der Waals surface area contributed by atoms with E-state index in [4.69, 9.17) is 4.74 Å². The number of carbonyl (C=O) groups is 1. The maximum Gasteiger partial charge on any atom is 0.317 e. The van der Waals surface area contributed by atoms with E-state index in [9.17, 15) is 4.79 Å². The molecule has 2 heterocycles. The lowest BCUT2D eigenvalue weighted by Gasteiger charge is -2.39. The van der Waals surface area contributed by atoms with Crippen LogP contribution < -0.4 is 10.6 Å². The van der Waals surface area contributed by atoms with Crippen molar-refractivity contribution in [1.29, 1.82) is 0 Å². The van der Waals surface area contributed by atoms with Gasteiger partial charge in [-0.25, -0.2) is 4.79 Å². The Kier molecular flexibility index (Phi) is 3.89. The number of nitrogens with one attached hydrogen (secondary N) is 2. The fraction of sp³-hybridized carbons (Fsp3) is 0.917. The number of urea groups is 1. The predicted octanol–water partition coefficient (Wildman–Crippen LogP) is 0.559. The number of hydrogen-bond acceptors (Lipinski definition) is 3. The van der Waals surface area contributed by atoms with Gasteiger partial charge in [0.2, 0.25) is 0 Å². The fourth-order valence-corrected chi connectivity index (χ4v) is 2.37. The van der Waals surface area contributed by atoms with E-state index in [0.29, 0.717) is 6.61 Å². The molecule has 2 saturated heterocycles. The molecule has 0 aromatic rings. The largest absolute Gasteiger partial charge is 0.379 e. The molecule has 2 fully saturated rings. The summed E-state index contributed by atoms with van der Waals surface area (Å²) in [6.45, 7) is 5.30. The topological polar surface area (TPSA) is 53.6 Å². The summed E-state index contributed by atoms with van der Waals surface area (Å²) in [6, 6.07) is 0.277. The van der Waals surface area contributed by atoms with Gasteiger partial charge in [0.15, 0.2) is 0 Å². The van der Waals surface area contributed by atoms with Gasteiger partial charge in [-0.15, -0.1) is 0 Å². The number of hydrogen-bond donors (Lipinski definition) is 2. The number of ether oxygens (including phenoxy) is 1. The second-order valence-electron chi connectivity index (χ2n) is 5.31. The summed E-state index contributed by atoms with van der Waals surface area (Å²) in [5, 5.41) is 6.37. The van der Waals surface area contributed by atoms with E-state index >= 15 is 0 Å². The van der Waals surface area contributed by atoms with Gasteiger partial charge in [-0.2, -0.15) is 0 Å². The molecule has 17 heavy (non-hydrogen) atoms. The van der Waals surface area contributed by atoms with Gasteiger partial charge in [0, 0.05) is 25.2 Å². The molecular formula is C12H23N3O2. The van der Waals surface area contributed by atoms with Crippen molar-refractivity contribution in [2.45, 2.75) is 37.8 Å². The second-order valence-corrected chi connectivity index (χ2v) is 5.31. The molecule has 1 atom stereocenters. The molecule has 5 nitrogen and oxygen atoms in total. The zero-order chi connectivity index (χ0) is 12.3. The fourth-order valence-electron chi connectivity index (χ4n) is 2.37. The van der Waals surface area contributed by atoms with Crippen LogP contribution in [0.5, 0.6) is 0 Å². The lowest BCUT2D eigenvalue weighted by molar-refractivity contribution is 0.147. The van der Waals surface area contributed by atoms with E-state index in [2.05, 4.69) is 17.6 Å². The average molecular weight is 241 g/mol. The molecule has 5 heteroatoms. The smallest absolute Gasteiger partial charge is 0.317 e. The average Bonchev–Trinajstić information content (AvgIpc) is 2.83. The van der Waals surface area contributed by atoms with Crippen LogP contribution in [-0.2, 0) is 4.74 Å². The quantitative estimate of drug-likeness (QED) is 0.742. The van der Waals surface area contributed by atoms with Gasteiger partial charge >= 0.3 is 6.03 Å². The van der Waals surface area contributed by atoms with E-state index in [1.54, 1.807) is 0 Å². The molecule has 0 spiro atoms. The highest BCUT2D eigenvalue weighted by atomic mass is 16.5. The molecule has 0 bridgehead atoms. The number of nitrogens with zero attached hydrogens (tertiary/aromatic N) is 1. The minimum Gasteiger partial charge on any atom is -0.379 e. The Bertz CT molecular complexity index is 269. The normalized spacial score (nSPS) is 28.1. The molecule has 0 aliphatic carbocycles. The SMILES string of the molecule is CNC1(C)CCN(C(=O)NC2CCOC2)CC1. The molecule has 2 aliphatic rings. The summed E-state index contributed by atoms with van der Waals surface area (Å²) in [6.07, 6.45) is 2.96. The summed E-state index contributed by atoms with van der Waals surface area (Å²) in [4.78, 5) is 13.9. The van der Waals surface area contributed by atoms with E-state index in [1.807, 2.05) is 11.9 Å². The van der Waals surface area contributed by atoms with E-state index in [1.165, 1.54) is 0 Å². The zero-order valence-corrected chi connectivity index (χ0v) is 10.8. The Morgan fingerprint density at radius 3 is 2.65 bits per heavy atom. The van der Waals surface area contributed by atoms with Crippen molar-refractivity contribution < 1.29 is 9.53 Å². The first-order valence-electron chi connectivity index (χ1n) is 6.45. The third-order valence-corrected chi connectivity index (χ3v) is 4.02. The summed E-state index contributed by atoms with van der Waals surface area (Å²) < 4.78 is 5.25. The Balaban J connectivity index is 1.77. The number of piperidine rings is 1. The molecule has 2 amide bonds. The molecular weight excluding hydrogens is 218 g/mol. The second kappa shape index (κ2) is 5.23. The van der Waals surface area contributed by atoms with Crippen molar-refractivity contribution in [3.05, 3.63) is 0 Å². The van der Waals surface area contributed by atoms with Gasteiger partial charge in [0.25, 0.3) is 0 Å². The molecule has 2 rings (SSSR count). The first-order chi connectivity index (χ1) is 8.13. The van der Waals surface area contributed by atoms with Crippen molar-refractivity contribution in [3.8, 4) is 0 Å². The Labute approximate surface area is 103 Å². The van der Waals surface area contributed by atoms with Crippen molar-refractivity contribution in [2.75, 3.05) is 33.4 Å². The van der Waals surface area contributed by atoms with Crippen LogP contribution in [0, 0.1) is 0 Å². The van der Waals surface area contributed by atoms with Crippen LogP contribution in [0.1, 0.15) is 26.2 Å². The van der Waals surface area contributed by atoms with E-state index in [0.717, 1.165) is 39.0 Å². The van der Waals surface area contributed by atoms with Gasteiger partial charge in [-0.1, -0.05) is 0 Å². The third-order valence-electron chi connectivity index (χ3n) is 4.02. The minimum atomic E-state index is 0.0682. The third kappa shape index (κ3) is 3.10. The molecule has 1 unspecified atom stereocenters. The highest BCUT2D eigenvalue weighted by Gasteiger charge is 2.31. The molecule has 0 aromatic carbocycles. The Morgan fingerprint density at radius 1 is 1.41 bits per heavy atom. The van der Waals surface area contributed by atoms with Gasteiger partial charge < -0.3 is 20.3 Å². The summed E-state index contributed by atoms with van der Waals surface area (Å²) in [7, 11) is 1.99. The number of amides is 2. The van der Waals surface area contributed by atoms with Crippen molar-refractivity contribution in [1.82, 2.24) is 15.5 Å². The van der Waals surface area contributed by atoms with Crippen LogP contribution in [-0.4, -0.2) is 55.9 Å². The number of likely N-dealkylation sites (tertiary alicyclic amines) is 1. The predicted molar refractivity (Wildman–Crippen MR) is 66.0 cm³/mol. The monoisotopic (exact) mass is 241 g/mol. The molecule has 0 saturated carbocycles. The van der Waals surface area contributed by atoms with Gasteiger partial charge in [-0.05, 0) is 33.2 Å². The number of rotatable bonds is 2. The van der Waals surface area contributed by atoms with Crippen molar-refractivity contribution in [3.63, 3.8) is 0 Å². The first kappa shape index (κ1) is 12.6. The summed E-state index contributed by atoms with van der Waals surface area (Å²) in [5.41, 5.74) is 0.188. The van der Waals surface area contributed by atoms with Crippen LogP contribution in [0.4, 0.5) is 4.79 Å². The van der Waals surface area contributed by atoms with Crippen LogP contribution in [0.25, 0.3) is 0 Å². The van der Waals surface area contributed by atoms with Crippen LogP contribution in [0.15, 0.2) is 0 Å². The zero-order valence-electron chi connectivity index (χ0n) is 10.8. The van der Waals surface area contributed by atoms with Crippen molar-refractivity contribution in [2.24, 2.45) is 0 Å².